The number of aromatic nitrogens is 3. The van der Waals surface area contributed by atoms with E-state index >= 15 is 0 Å². The van der Waals surface area contributed by atoms with Gasteiger partial charge in [0.25, 0.3) is 0 Å². The molecule has 0 fully saturated rings. The van der Waals surface area contributed by atoms with Gasteiger partial charge in [0.05, 0.1) is 24.5 Å². The first-order valence-corrected chi connectivity index (χ1v) is 7.75. The quantitative estimate of drug-likeness (QED) is 0.877. The standard InChI is InChI=1S/C16H21N5O2/c1-12-3-4-15(17-8-12)18-16(23)10-20-5-2-6-21-14(9-20)7-13(11-22)19-21/h3-4,7-8,22H,2,5-6,9-11H2,1H3,(H,17,18,23). The molecule has 0 saturated heterocycles. The molecule has 1 amide bonds. The predicted octanol–water partition coefficient (Wildman–Crippen LogP) is 0.923. The molecule has 1 aliphatic heterocycles. The number of hydrogen-bond acceptors (Lipinski definition) is 5. The molecule has 0 radical (unpaired) electrons. The van der Waals surface area contributed by atoms with Gasteiger partial charge in [-0.15, -0.1) is 0 Å². The first-order chi connectivity index (χ1) is 11.1. The van der Waals surface area contributed by atoms with E-state index in [-0.39, 0.29) is 12.5 Å². The third-order valence-electron chi connectivity index (χ3n) is 3.85. The molecule has 3 heterocycles. The molecule has 2 N–H and O–H groups in total. The minimum atomic E-state index is -0.0725. The molecule has 7 heteroatoms. The zero-order chi connectivity index (χ0) is 16.2. The topological polar surface area (TPSA) is 83.3 Å². The van der Waals surface area contributed by atoms with Crippen LogP contribution in [0.2, 0.25) is 0 Å². The zero-order valence-electron chi connectivity index (χ0n) is 13.2. The number of carbonyl (C=O) groups excluding carboxylic acids is 1. The van der Waals surface area contributed by atoms with Gasteiger partial charge in [-0.25, -0.2) is 4.98 Å². The minimum Gasteiger partial charge on any atom is -0.390 e. The molecule has 3 rings (SSSR count). The lowest BCUT2D eigenvalue weighted by Gasteiger charge is -2.18. The van der Waals surface area contributed by atoms with Crippen LogP contribution in [0.5, 0.6) is 0 Å². The van der Waals surface area contributed by atoms with Gasteiger partial charge in [-0.3, -0.25) is 14.4 Å². The zero-order valence-corrected chi connectivity index (χ0v) is 13.2. The number of fused-ring (bicyclic) bond motifs is 1. The average Bonchev–Trinajstić information content (AvgIpc) is 2.82. The summed E-state index contributed by atoms with van der Waals surface area (Å²) in [5.41, 5.74) is 2.77. The molecule has 2 aromatic heterocycles. The van der Waals surface area contributed by atoms with Crippen molar-refractivity contribution in [2.24, 2.45) is 0 Å². The number of aliphatic hydroxyl groups is 1. The first-order valence-electron chi connectivity index (χ1n) is 7.75. The number of amides is 1. The largest absolute Gasteiger partial charge is 0.390 e. The Labute approximate surface area is 134 Å². The third-order valence-corrected chi connectivity index (χ3v) is 3.85. The van der Waals surface area contributed by atoms with Crippen molar-refractivity contribution in [1.29, 1.82) is 0 Å². The van der Waals surface area contributed by atoms with Crippen LogP contribution in [0.3, 0.4) is 0 Å². The van der Waals surface area contributed by atoms with E-state index in [2.05, 4.69) is 20.3 Å². The lowest BCUT2D eigenvalue weighted by atomic mass is 10.3. The minimum absolute atomic E-state index is 0.0560. The molecule has 23 heavy (non-hydrogen) atoms. The van der Waals surface area contributed by atoms with Gasteiger partial charge >= 0.3 is 0 Å². The number of pyridine rings is 1. The Morgan fingerprint density at radius 2 is 2.26 bits per heavy atom. The number of aryl methyl sites for hydroxylation is 2. The molecule has 1 aliphatic rings. The van der Waals surface area contributed by atoms with Crippen molar-refractivity contribution in [3.05, 3.63) is 41.3 Å². The van der Waals surface area contributed by atoms with Gasteiger partial charge in [-0.2, -0.15) is 5.10 Å². The van der Waals surface area contributed by atoms with Gasteiger partial charge in [0.2, 0.25) is 5.91 Å². The van der Waals surface area contributed by atoms with E-state index in [0.717, 1.165) is 30.8 Å². The highest BCUT2D eigenvalue weighted by Gasteiger charge is 2.18. The lowest BCUT2D eigenvalue weighted by Crippen LogP contribution is -2.33. The van der Waals surface area contributed by atoms with Crippen LogP contribution < -0.4 is 5.32 Å². The number of rotatable bonds is 4. The Morgan fingerprint density at radius 1 is 1.39 bits per heavy atom. The molecule has 2 aromatic rings. The molecule has 7 nitrogen and oxygen atoms in total. The van der Waals surface area contributed by atoms with Crippen LogP contribution in [0.4, 0.5) is 5.82 Å². The second-order valence-electron chi connectivity index (χ2n) is 5.84. The molecule has 122 valence electrons. The summed E-state index contributed by atoms with van der Waals surface area (Å²) in [6.07, 6.45) is 2.66. The Morgan fingerprint density at radius 3 is 3.00 bits per heavy atom. The van der Waals surface area contributed by atoms with E-state index in [1.54, 1.807) is 12.3 Å². The lowest BCUT2D eigenvalue weighted by molar-refractivity contribution is -0.117. The van der Waals surface area contributed by atoms with Gasteiger partial charge in [0.1, 0.15) is 5.82 Å². The van der Waals surface area contributed by atoms with E-state index in [1.165, 1.54) is 0 Å². The van der Waals surface area contributed by atoms with Gasteiger partial charge in [0, 0.05) is 25.8 Å². The van der Waals surface area contributed by atoms with Crippen LogP contribution in [0.1, 0.15) is 23.4 Å². The summed E-state index contributed by atoms with van der Waals surface area (Å²) in [4.78, 5) is 18.5. The van der Waals surface area contributed by atoms with Crippen LogP contribution in [0.25, 0.3) is 0 Å². The smallest absolute Gasteiger partial charge is 0.239 e. The van der Waals surface area contributed by atoms with E-state index < -0.39 is 0 Å². The molecule has 0 bridgehead atoms. The molecule has 0 atom stereocenters. The van der Waals surface area contributed by atoms with Crippen molar-refractivity contribution >= 4 is 11.7 Å². The van der Waals surface area contributed by atoms with Crippen molar-refractivity contribution in [3.8, 4) is 0 Å². The molecule has 0 unspecified atom stereocenters. The predicted molar refractivity (Wildman–Crippen MR) is 85.6 cm³/mol. The number of aliphatic hydroxyl groups excluding tert-OH is 1. The van der Waals surface area contributed by atoms with Crippen molar-refractivity contribution in [1.82, 2.24) is 19.7 Å². The molecular weight excluding hydrogens is 294 g/mol. The highest BCUT2D eigenvalue weighted by Crippen LogP contribution is 2.14. The molecule has 0 aliphatic carbocycles. The van der Waals surface area contributed by atoms with Gasteiger partial charge in [-0.1, -0.05) is 6.07 Å². The average molecular weight is 315 g/mol. The second-order valence-corrected chi connectivity index (χ2v) is 5.84. The van der Waals surface area contributed by atoms with E-state index in [9.17, 15) is 9.90 Å². The van der Waals surface area contributed by atoms with Crippen LogP contribution in [-0.2, 0) is 24.5 Å². The normalized spacial score (nSPS) is 15.0. The third kappa shape index (κ3) is 3.94. The van der Waals surface area contributed by atoms with E-state index in [4.69, 9.17) is 0 Å². The van der Waals surface area contributed by atoms with Crippen molar-refractivity contribution in [2.75, 3.05) is 18.4 Å². The molecule has 0 spiro atoms. The first kappa shape index (κ1) is 15.6. The number of anilines is 1. The number of nitrogens with one attached hydrogen (secondary N) is 1. The maximum absolute atomic E-state index is 12.2. The second kappa shape index (κ2) is 6.89. The van der Waals surface area contributed by atoms with Gasteiger partial charge < -0.3 is 10.4 Å². The molecule has 0 saturated carbocycles. The fraction of sp³-hybridized carbons (Fsp3) is 0.438. The van der Waals surface area contributed by atoms with Crippen molar-refractivity contribution in [2.45, 2.75) is 33.0 Å². The SMILES string of the molecule is Cc1ccc(NC(=O)CN2CCCn3nc(CO)cc3C2)nc1. The monoisotopic (exact) mass is 315 g/mol. The maximum atomic E-state index is 12.2. The summed E-state index contributed by atoms with van der Waals surface area (Å²) in [5.74, 6) is 0.500. The number of hydrogen-bond donors (Lipinski definition) is 2. The maximum Gasteiger partial charge on any atom is 0.239 e. The Kier molecular flexibility index (Phi) is 4.68. The highest BCUT2D eigenvalue weighted by atomic mass is 16.3. The van der Waals surface area contributed by atoms with E-state index in [1.807, 2.05) is 23.7 Å². The summed E-state index contributed by atoms with van der Waals surface area (Å²) in [6, 6.07) is 5.62. The molecular formula is C16H21N5O2. The van der Waals surface area contributed by atoms with Crippen LogP contribution in [0.15, 0.2) is 24.4 Å². The summed E-state index contributed by atoms with van der Waals surface area (Å²) in [6.45, 7) is 4.52. The Hall–Kier alpha value is -2.25. The van der Waals surface area contributed by atoms with Crippen LogP contribution in [-0.4, -0.2) is 43.8 Å². The van der Waals surface area contributed by atoms with Crippen LogP contribution >= 0.6 is 0 Å². The molecule has 0 aromatic carbocycles. The van der Waals surface area contributed by atoms with Gasteiger partial charge in [0.15, 0.2) is 0 Å². The van der Waals surface area contributed by atoms with Crippen molar-refractivity contribution < 1.29 is 9.90 Å². The van der Waals surface area contributed by atoms with Crippen LogP contribution in [0, 0.1) is 6.92 Å². The van der Waals surface area contributed by atoms with E-state index in [0.29, 0.717) is 24.6 Å². The fourth-order valence-electron chi connectivity index (χ4n) is 2.73. The summed E-state index contributed by atoms with van der Waals surface area (Å²) in [5, 5.41) is 16.4. The fourth-order valence-corrected chi connectivity index (χ4v) is 2.73. The van der Waals surface area contributed by atoms with Gasteiger partial charge in [-0.05, 0) is 31.0 Å². The van der Waals surface area contributed by atoms with Crippen molar-refractivity contribution in [3.63, 3.8) is 0 Å². The summed E-state index contributed by atoms with van der Waals surface area (Å²) < 4.78 is 1.92. The summed E-state index contributed by atoms with van der Waals surface area (Å²) in [7, 11) is 0. The highest BCUT2D eigenvalue weighted by molar-refractivity contribution is 5.91. The Balaban J connectivity index is 1.60. The Bertz CT molecular complexity index is 680. The number of nitrogens with zero attached hydrogens (tertiary/aromatic N) is 4. The number of carbonyl (C=O) groups is 1. The summed E-state index contributed by atoms with van der Waals surface area (Å²) >= 11 is 0.